The molecule has 1 aliphatic carbocycles. The van der Waals surface area contributed by atoms with E-state index in [0.717, 1.165) is 37.7 Å². The lowest BCUT2D eigenvalue weighted by Crippen LogP contribution is -2.41. The van der Waals surface area contributed by atoms with Crippen molar-refractivity contribution in [1.29, 1.82) is 0 Å². The van der Waals surface area contributed by atoms with Crippen LogP contribution in [0.25, 0.3) is 0 Å². The fourth-order valence-electron chi connectivity index (χ4n) is 2.06. The molecule has 0 aromatic heterocycles. The second-order valence-electron chi connectivity index (χ2n) is 6.81. The molecular weight excluding hydrogens is 240 g/mol. The molecule has 1 aliphatic rings. The summed E-state index contributed by atoms with van der Waals surface area (Å²) in [6.07, 6.45) is 6.46. The maximum atomic E-state index is 11.0. The van der Waals surface area contributed by atoms with E-state index >= 15 is 0 Å². The predicted molar refractivity (Wildman–Crippen MR) is 79.3 cm³/mol. The van der Waals surface area contributed by atoms with Crippen molar-refractivity contribution < 1.29 is 9.22 Å². The molecule has 3 heteroatoms. The number of rotatable bonds is 5. The van der Waals surface area contributed by atoms with Gasteiger partial charge < -0.3 is 4.43 Å². The highest BCUT2D eigenvalue weighted by atomic mass is 28.4. The van der Waals surface area contributed by atoms with Gasteiger partial charge in [-0.3, -0.25) is 4.79 Å². The molecular formula is C15H28O2Si. The van der Waals surface area contributed by atoms with Crippen LogP contribution in [-0.4, -0.2) is 21.2 Å². The van der Waals surface area contributed by atoms with E-state index in [4.69, 9.17) is 4.43 Å². The van der Waals surface area contributed by atoms with Gasteiger partial charge in [-0.05, 0) is 55.8 Å². The normalized spacial score (nSPS) is 18.1. The Hall–Kier alpha value is -0.413. The summed E-state index contributed by atoms with van der Waals surface area (Å²) in [6, 6.07) is 0. The number of aldehydes is 1. The number of carbonyl (C=O) groups is 1. The molecule has 0 saturated carbocycles. The van der Waals surface area contributed by atoms with Gasteiger partial charge in [0.25, 0.3) is 0 Å². The second kappa shape index (κ2) is 6.16. The Morgan fingerprint density at radius 3 is 2.39 bits per heavy atom. The third kappa shape index (κ3) is 4.06. The van der Waals surface area contributed by atoms with Crippen LogP contribution in [0.3, 0.4) is 0 Å². The fourth-order valence-corrected chi connectivity index (χ4v) is 3.11. The average Bonchev–Trinajstić information content (AvgIpc) is 2.28. The highest BCUT2D eigenvalue weighted by Gasteiger charge is 2.36. The van der Waals surface area contributed by atoms with Gasteiger partial charge in [-0.15, -0.1) is 0 Å². The Bertz CT molecular complexity index is 324. The minimum Gasteiger partial charge on any atom is -0.417 e. The lowest BCUT2D eigenvalue weighted by atomic mass is 9.91. The van der Waals surface area contributed by atoms with Gasteiger partial charge in [0.2, 0.25) is 0 Å². The zero-order valence-corrected chi connectivity index (χ0v) is 13.6. The Labute approximate surface area is 113 Å². The van der Waals surface area contributed by atoms with Crippen molar-refractivity contribution in [2.24, 2.45) is 0 Å². The first kappa shape index (κ1) is 15.6. The smallest absolute Gasteiger partial charge is 0.191 e. The van der Waals surface area contributed by atoms with E-state index < -0.39 is 8.32 Å². The molecule has 0 aromatic rings. The van der Waals surface area contributed by atoms with Crippen molar-refractivity contribution in [3.63, 3.8) is 0 Å². The Kier molecular flexibility index (Phi) is 5.35. The molecule has 1 rings (SSSR count). The molecule has 104 valence electrons. The van der Waals surface area contributed by atoms with E-state index in [-0.39, 0.29) is 5.04 Å². The molecule has 0 bridgehead atoms. The minimum atomic E-state index is -1.63. The van der Waals surface area contributed by atoms with Crippen LogP contribution in [0.2, 0.25) is 18.1 Å². The first-order valence-corrected chi connectivity index (χ1v) is 9.99. The van der Waals surface area contributed by atoms with E-state index in [9.17, 15) is 4.79 Å². The lowest BCUT2D eigenvalue weighted by molar-refractivity contribution is -0.105. The molecule has 0 heterocycles. The molecule has 18 heavy (non-hydrogen) atoms. The van der Waals surface area contributed by atoms with Crippen LogP contribution in [0.1, 0.15) is 52.9 Å². The number of allylic oxidation sites excluding steroid dienone is 1. The van der Waals surface area contributed by atoms with E-state index in [1.54, 1.807) is 0 Å². The van der Waals surface area contributed by atoms with Gasteiger partial charge in [-0.2, -0.15) is 0 Å². The van der Waals surface area contributed by atoms with Crippen LogP contribution < -0.4 is 0 Å². The number of carbonyl (C=O) groups excluding carboxylic acids is 1. The summed E-state index contributed by atoms with van der Waals surface area (Å²) >= 11 is 0. The maximum absolute atomic E-state index is 11.0. The monoisotopic (exact) mass is 268 g/mol. The summed E-state index contributed by atoms with van der Waals surface area (Å²) in [6.45, 7) is 12.1. The molecule has 0 aromatic carbocycles. The topological polar surface area (TPSA) is 26.3 Å². The summed E-state index contributed by atoms with van der Waals surface area (Å²) in [5.74, 6) is 0. The Morgan fingerprint density at radius 1 is 1.22 bits per heavy atom. The van der Waals surface area contributed by atoms with Gasteiger partial charge >= 0.3 is 0 Å². The van der Waals surface area contributed by atoms with Gasteiger partial charge in [0.1, 0.15) is 6.29 Å². The third-order valence-electron chi connectivity index (χ3n) is 4.44. The van der Waals surface area contributed by atoms with E-state index in [2.05, 4.69) is 33.9 Å². The summed E-state index contributed by atoms with van der Waals surface area (Å²) in [5, 5.41) is 0.265. The summed E-state index contributed by atoms with van der Waals surface area (Å²) < 4.78 is 6.18. The first-order valence-electron chi connectivity index (χ1n) is 7.08. The summed E-state index contributed by atoms with van der Waals surface area (Å²) in [7, 11) is -1.63. The molecule has 0 radical (unpaired) electrons. The van der Waals surface area contributed by atoms with Gasteiger partial charge in [-0.1, -0.05) is 26.3 Å². The van der Waals surface area contributed by atoms with Crippen molar-refractivity contribution >= 4 is 14.6 Å². The number of hydrogen-bond acceptors (Lipinski definition) is 2. The lowest BCUT2D eigenvalue weighted by Gasteiger charge is -2.36. The van der Waals surface area contributed by atoms with Crippen molar-refractivity contribution in [3.05, 3.63) is 11.1 Å². The van der Waals surface area contributed by atoms with Crippen LogP contribution in [0, 0.1) is 0 Å². The van der Waals surface area contributed by atoms with Crippen LogP contribution in [0.4, 0.5) is 0 Å². The van der Waals surface area contributed by atoms with Gasteiger partial charge in [0.05, 0.1) is 0 Å². The van der Waals surface area contributed by atoms with Crippen LogP contribution in [0.5, 0.6) is 0 Å². The van der Waals surface area contributed by atoms with Crippen molar-refractivity contribution in [2.45, 2.75) is 71.0 Å². The molecule has 2 nitrogen and oxygen atoms in total. The quantitative estimate of drug-likeness (QED) is 0.543. The van der Waals surface area contributed by atoms with Gasteiger partial charge in [-0.25, -0.2) is 0 Å². The molecule has 0 N–H and O–H groups in total. The molecule has 0 aliphatic heterocycles. The van der Waals surface area contributed by atoms with Gasteiger partial charge in [0.15, 0.2) is 8.32 Å². The van der Waals surface area contributed by atoms with Gasteiger partial charge in [0, 0.05) is 6.61 Å². The van der Waals surface area contributed by atoms with Crippen molar-refractivity contribution in [3.8, 4) is 0 Å². The Morgan fingerprint density at radius 2 is 1.83 bits per heavy atom. The molecule has 0 spiro atoms. The first-order chi connectivity index (χ1) is 8.28. The van der Waals surface area contributed by atoms with Crippen LogP contribution in [-0.2, 0) is 9.22 Å². The fraction of sp³-hybridized carbons (Fsp3) is 0.800. The molecule has 0 atom stereocenters. The highest BCUT2D eigenvalue weighted by Crippen LogP contribution is 2.37. The number of hydrogen-bond donors (Lipinski definition) is 0. The second-order valence-corrected chi connectivity index (χ2v) is 11.6. The van der Waals surface area contributed by atoms with Crippen molar-refractivity contribution in [2.75, 3.05) is 6.61 Å². The third-order valence-corrected chi connectivity index (χ3v) is 8.98. The maximum Gasteiger partial charge on any atom is 0.191 e. The van der Waals surface area contributed by atoms with E-state index in [0.29, 0.717) is 0 Å². The van der Waals surface area contributed by atoms with Crippen molar-refractivity contribution in [1.82, 2.24) is 0 Å². The summed E-state index contributed by atoms with van der Waals surface area (Å²) in [5.41, 5.74) is 2.38. The highest BCUT2D eigenvalue weighted by molar-refractivity contribution is 6.74. The Balaban J connectivity index is 2.51. The van der Waals surface area contributed by atoms with E-state index in [1.807, 2.05) is 0 Å². The molecule has 0 saturated heterocycles. The largest absolute Gasteiger partial charge is 0.417 e. The summed E-state index contributed by atoms with van der Waals surface area (Å²) in [4.78, 5) is 11.0. The SMILES string of the molecule is CC(C)(C)[Si](C)(C)OCCC1=C(C=O)CCCC1. The van der Waals surface area contributed by atoms with Crippen LogP contribution in [0.15, 0.2) is 11.1 Å². The average molecular weight is 268 g/mol. The molecule has 0 fully saturated rings. The standard InChI is InChI=1S/C15H28O2Si/c1-15(2,3)18(4,5)17-11-10-13-8-6-7-9-14(13)12-16/h12H,6-11H2,1-5H3. The van der Waals surface area contributed by atoms with Crippen LogP contribution >= 0.6 is 0 Å². The zero-order chi connectivity index (χ0) is 13.8. The zero-order valence-electron chi connectivity index (χ0n) is 12.6. The molecule has 0 amide bonds. The minimum absolute atomic E-state index is 0.265. The predicted octanol–water partition coefficient (Wildman–Crippen LogP) is 4.47. The van der Waals surface area contributed by atoms with E-state index in [1.165, 1.54) is 18.4 Å². The molecule has 0 unspecified atom stereocenters.